The standard InChI is InChI=1S/C23H17F2N3O3S.Na.H/c1-31-21-7-4-13(18-10-14-8-16(24)17(25)11-19(14)27-18)9-20(21)28-23(32)26-15-5-2-12(3-6-15)22(29)30;;/h2-11,27H,1H3,(H,29,30)(H2,26,28,32);;. The molecule has 6 nitrogen and oxygen atoms in total. The van der Waals surface area contributed by atoms with Gasteiger partial charge in [0.1, 0.15) is 5.75 Å². The van der Waals surface area contributed by atoms with E-state index in [2.05, 4.69) is 15.6 Å². The SMILES string of the molecule is COc1ccc(-c2cc3cc(F)c(F)cc3[nH]2)cc1NC(=S)Nc1ccc(C(=O)O)cc1.[NaH]. The van der Waals surface area contributed by atoms with Gasteiger partial charge in [0.25, 0.3) is 0 Å². The van der Waals surface area contributed by atoms with Crippen LogP contribution in [0.5, 0.6) is 5.75 Å². The molecule has 3 aromatic carbocycles. The molecule has 33 heavy (non-hydrogen) atoms. The Hall–Kier alpha value is -2.98. The summed E-state index contributed by atoms with van der Waals surface area (Å²) in [5.74, 6) is -2.31. The molecule has 0 aliphatic rings. The third-order valence-corrected chi connectivity index (χ3v) is 5.01. The number of nitrogens with one attached hydrogen (secondary N) is 3. The number of thiocarbonyl (C=S) groups is 1. The maximum absolute atomic E-state index is 13.5. The molecule has 0 fully saturated rings. The summed E-state index contributed by atoms with van der Waals surface area (Å²) in [5, 5.41) is 15.8. The fraction of sp³-hybridized carbons (Fsp3) is 0.0435. The van der Waals surface area contributed by atoms with Gasteiger partial charge in [-0.05, 0) is 66.8 Å². The molecule has 4 rings (SSSR count). The molecule has 0 saturated carbocycles. The Morgan fingerprint density at radius 3 is 2.36 bits per heavy atom. The van der Waals surface area contributed by atoms with Crippen LogP contribution in [-0.2, 0) is 0 Å². The van der Waals surface area contributed by atoms with Crippen molar-refractivity contribution in [3.63, 3.8) is 0 Å². The zero-order chi connectivity index (χ0) is 22.8. The molecule has 0 amide bonds. The van der Waals surface area contributed by atoms with E-state index in [4.69, 9.17) is 22.1 Å². The summed E-state index contributed by atoms with van der Waals surface area (Å²) in [4.78, 5) is 14.1. The van der Waals surface area contributed by atoms with Gasteiger partial charge >= 0.3 is 35.5 Å². The van der Waals surface area contributed by atoms with Crippen LogP contribution in [0.25, 0.3) is 22.2 Å². The zero-order valence-electron chi connectivity index (χ0n) is 16.7. The fourth-order valence-corrected chi connectivity index (χ4v) is 3.46. The summed E-state index contributed by atoms with van der Waals surface area (Å²) in [7, 11) is 1.52. The van der Waals surface area contributed by atoms with Crippen LogP contribution in [0.15, 0.2) is 60.7 Å². The first-order chi connectivity index (χ1) is 15.3. The molecule has 0 aliphatic heterocycles. The van der Waals surface area contributed by atoms with Gasteiger partial charge in [-0.1, -0.05) is 0 Å². The van der Waals surface area contributed by atoms with Crippen molar-refractivity contribution in [1.29, 1.82) is 0 Å². The molecule has 0 radical (unpaired) electrons. The van der Waals surface area contributed by atoms with Crippen LogP contribution in [0.1, 0.15) is 10.4 Å². The van der Waals surface area contributed by atoms with Crippen molar-refractivity contribution < 1.29 is 23.4 Å². The number of carboxylic acids is 1. The molecule has 0 aliphatic carbocycles. The van der Waals surface area contributed by atoms with Gasteiger partial charge in [-0.25, -0.2) is 13.6 Å². The number of rotatable bonds is 5. The van der Waals surface area contributed by atoms with Gasteiger partial charge in [0.05, 0.1) is 18.4 Å². The van der Waals surface area contributed by atoms with Crippen molar-refractivity contribution in [3.8, 4) is 17.0 Å². The second kappa shape index (κ2) is 10.3. The molecule has 0 atom stereocenters. The first-order valence-corrected chi connectivity index (χ1v) is 9.82. The summed E-state index contributed by atoms with van der Waals surface area (Å²) in [6.45, 7) is 0. The molecule has 0 unspecified atom stereocenters. The second-order valence-corrected chi connectivity index (χ2v) is 7.32. The molecule has 10 heteroatoms. The molecule has 4 N–H and O–H groups in total. The third kappa shape index (κ3) is 5.51. The van der Waals surface area contributed by atoms with Crippen molar-refractivity contribution in [2.45, 2.75) is 0 Å². The van der Waals surface area contributed by atoms with Crippen molar-refractivity contribution in [3.05, 3.63) is 77.9 Å². The Morgan fingerprint density at radius 2 is 1.70 bits per heavy atom. The number of aromatic nitrogens is 1. The maximum atomic E-state index is 13.5. The van der Waals surface area contributed by atoms with Crippen molar-refractivity contribution in [2.75, 3.05) is 17.7 Å². The van der Waals surface area contributed by atoms with E-state index in [1.165, 1.54) is 19.2 Å². The minimum atomic E-state index is -1.01. The van der Waals surface area contributed by atoms with E-state index in [0.717, 1.165) is 17.7 Å². The normalized spacial score (nSPS) is 10.4. The van der Waals surface area contributed by atoms with Crippen molar-refractivity contribution in [2.24, 2.45) is 0 Å². The summed E-state index contributed by atoms with van der Waals surface area (Å²) in [6.07, 6.45) is 0. The van der Waals surface area contributed by atoms with Gasteiger partial charge in [-0.15, -0.1) is 0 Å². The van der Waals surface area contributed by atoms with Gasteiger partial charge in [0, 0.05) is 33.9 Å². The number of aromatic carboxylic acids is 1. The summed E-state index contributed by atoms with van der Waals surface area (Å²) >= 11 is 5.37. The van der Waals surface area contributed by atoms with Crippen LogP contribution in [0.3, 0.4) is 0 Å². The van der Waals surface area contributed by atoms with Crippen LogP contribution in [0.4, 0.5) is 20.2 Å². The Bertz CT molecular complexity index is 1300. The number of carbonyl (C=O) groups is 1. The number of methoxy groups -OCH3 is 1. The Kier molecular flexibility index (Phi) is 7.70. The quantitative estimate of drug-likeness (QED) is 0.240. The van der Waals surface area contributed by atoms with E-state index in [9.17, 15) is 13.6 Å². The first-order valence-electron chi connectivity index (χ1n) is 9.41. The topological polar surface area (TPSA) is 86.4 Å². The Balaban J connectivity index is 0.00000306. The summed E-state index contributed by atoms with van der Waals surface area (Å²) in [6, 6.07) is 15.5. The number of ether oxygens (including phenoxy) is 1. The fourth-order valence-electron chi connectivity index (χ4n) is 3.24. The average molecular weight is 477 g/mol. The molecule has 1 heterocycles. The number of aromatic amines is 1. The molecule has 164 valence electrons. The van der Waals surface area contributed by atoms with Gasteiger partial charge in [-0.2, -0.15) is 0 Å². The van der Waals surface area contributed by atoms with Crippen molar-refractivity contribution >= 4 is 75.1 Å². The molecule has 0 bridgehead atoms. The third-order valence-electron chi connectivity index (χ3n) is 4.81. The minimum absolute atomic E-state index is 0. The van der Waals surface area contributed by atoms with E-state index in [0.29, 0.717) is 33.7 Å². The van der Waals surface area contributed by atoms with Crippen LogP contribution in [0.2, 0.25) is 0 Å². The number of H-pyrrole nitrogens is 1. The molecular formula is C23H18F2N3NaO3S. The van der Waals surface area contributed by atoms with E-state index in [1.54, 1.807) is 30.3 Å². The number of anilines is 2. The summed E-state index contributed by atoms with van der Waals surface area (Å²) < 4.78 is 32.5. The molecule has 0 saturated heterocycles. The van der Waals surface area contributed by atoms with E-state index in [-0.39, 0.29) is 40.2 Å². The van der Waals surface area contributed by atoms with E-state index in [1.807, 2.05) is 6.07 Å². The first kappa shape index (κ1) is 24.7. The van der Waals surface area contributed by atoms with Crippen LogP contribution >= 0.6 is 12.2 Å². The average Bonchev–Trinajstić information content (AvgIpc) is 3.17. The molecule has 4 aromatic rings. The van der Waals surface area contributed by atoms with Gasteiger partial charge in [0.2, 0.25) is 0 Å². The molecule has 1 aromatic heterocycles. The predicted molar refractivity (Wildman–Crippen MR) is 131 cm³/mol. The van der Waals surface area contributed by atoms with Gasteiger partial charge < -0.3 is 25.5 Å². The van der Waals surface area contributed by atoms with Gasteiger partial charge in [-0.3, -0.25) is 0 Å². The predicted octanol–water partition coefficient (Wildman–Crippen LogP) is 4.98. The molecule has 0 spiro atoms. The van der Waals surface area contributed by atoms with Crippen LogP contribution in [-0.4, -0.2) is 57.8 Å². The zero-order valence-corrected chi connectivity index (χ0v) is 17.5. The summed E-state index contributed by atoms with van der Waals surface area (Å²) in [5.41, 5.74) is 3.24. The van der Waals surface area contributed by atoms with Gasteiger partial charge in [0.15, 0.2) is 16.7 Å². The number of fused-ring (bicyclic) bond motifs is 1. The number of benzene rings is 3. The Labute approximate surface area is 215 Å². The number of hydrogen-bond acceptors (Lipinski definition) is 3. The van der Waals surface area contributed by atoms with E-state index < -0.39 is 17.6 Å². The number of halogens is 2. The Morgan fingerprint density at radius 1 is 1.00 bits per heavy atom. The van der Waals surface area contributed by atoms with E-state index >= 15 is 0 Å². The second-order valence-electron chi connectivity index (χ2n) is 6.91. The van der Waals surface area contributed by atoms with Crippen molar-refractivity contribution in [1.82, 2.24) is 4.98 Å². The molecular weight excluding hydrogens is 459 g/mol. The van der Waals surface area contributed by atoms with Crippen LogP contribution < -0.4 is 15.4 Å². The number of carboxylic acid groups (broad SMARTS) is 1. The van der Waals surface area contributed by atoms with Crippen LogP contribution in [0, 0.1) is 11.6 Å². The number of hydrogen-bond donors (Lipinski definition) is 4. The monoisotopic (exact) mass is 477 g/mol.